The molecular weight excluding hydrogens is 242 g/mol. The van der Waals surface area contributed by atoms with Crippen molar-refractivity contribution >= 4 is 15.8 Å². The van der Waals surface area contributed by atoms with Gasteiger partial charge in [0.2, 0.25) is 0 Å². The molecule has 0 fully saturated rings. The number of carbonyl (C=O) groups is 1. The summed E-state index contributed by atoms with van der Waals surface area (Å²) in [5.41, 5.74) is 0. The molecule has 0 saturated heterocycles. The molecule has 0 aliphatic rings. The molecule has 0 amide bonds. The molecule has 0 aromatic heterocycles. The number of hydrogen-bond acceptors (Lipinski definition) is 4. The molecule has 102 valence electrons. The number of nitrogens with zero attached hydrogens (tertiary/aromatic N) is 1. The number of aliphatic carboxylic acids is 1. The molecule has 5 nitrogen and oxygen atoms in total. The van der Waals surface area contributed by atoms with Crippen LogP contribution < -0.4 is 0 Å². The van der Waals surface area contributed by atoms with Gasteiger partial charge in [-0.2, -0.15) is 0 Å². The molecule has 0 aromatic carbocycles. The van der Waals surface area contributed by atoms with Gasteiger partial charge in [-0.05, 0) is 27.3 Å². The summed E-state index contributed by atoms with van der Waals surface area (Å²) in [5, 5.41) is 8.57. The maximum atomic E-state index is 11.9. The van der Waals surface area contributed by atoms with Gasteiger partial charge in [-0.3, -0.25) is 4.79 Å². The van der Waals surface area contributed by atoms with Crippen LogP contribution in [0.1, 0.15) is 34.1 Å². The minimum Gasteiger partial charge on any atom is -0.481 e. The van der Waals surface area contributed by atoms with Crippen LogP contribution in [0.25, 0.3) is 0 Å². The number of carboxylic acids is 1. The molecule has 1 N–H and O–H groups in total. The van der Waals surface area contributed by atoms with Gasteiger partial charge in [0.25, 0.3) is 0 Å². The van der Waals surface area contributed by atoms with Crippen LogP contribution in [0.4, 0.5) is 0 Å². The Morgan fingerprint density at radius 1 is 1.24 bits per heavy atom. The second-order valence-electron chi connectivity index (χ2n) is 5.01. The van der Waals surface area contributed by atoms with Crippen molar-refractivity contribution in [2.45, 2.75) is 38.9 Å². The summed E-state index contributed by atoms with van der Waals surface area (Å²) in [5.74, 6) is -0.786. The Hall–Kier alpha value is -0.620. The average molecular weight is 265 g/mol. The van der Waals surface area contributed by atoms with E-state index in [0.717, 1.165) is 0 Å². The zero-order chi connectivity index (χ0) is 13.7. The summed E-state index contributed by atoms with van der Waals surface area (Å²) >= 11 is 0. The van der Waals surface area contributed by atoms with E-state index in [9.17, 15) is 13.2 Å². The van der Waals surface area contributed by atoms with E-state index in [2.05, 4.69) is 0 Å². The standard InChI is InChI=1S/C11H23NO4S/c1-5-12(7-6-10(13)14)8-9-17(15,16)11(2,3)4/h5-9H2,1-4H3,(H,13,14). The molecule has 0 aliphatic heterocycles. The Morgan fingerprint density at radius 2 is 1.76 bits per heavy atom. The minimum atomic E-state index is -3.13. The number of rotatable bonds is 7. The lowest BCUT2D eigenvalue weighted by Gasteiger charge is -2.23. The molecule has 0 spiro atoms. The quantitative estimate of drug-likeness (QED) is 0.743. The Balaban J connectivity index is 4.29. The summed E-state index contributed by atoms with van der Waals surface area (Å²) in [6.45, 7) is 8.37. The van der Waals surface area contributed by atoms with Gasteiger partial charge in [-0.25, -0.2) is 8.42 Å². The summed E-state index contributed by atoms with van der Waals surface area (Å²) < 4.78 is 23.0. The number of carboxylic acid groups (broad SMARTS) is 1. The molecular formula is C11H23NO4S. The van der Waals surface area contributed by atoms with Crippen LogP contribution in [0, 0.1) is 0 Å². The van der Waals surface area contributed by atoms with Crippen molar-refractivity contribution in [3.8, 4) is 0 Å². The normalized spacial score (nSPS) is 13.0. The van der Waals surface area contributed by atoms with E-state index in [1.165, 1.54) is 0 Å². The fourth-order valence-electron chi connectivity index (χ4n) is 1.24. The van der Waals surface area contributed by atoms with Crippen molar-refractivity contribution < 1.29 is 18.3 Å². The molecule has 17 heavy (non-hydrogen) atoms. The van der Waals surface area contributed by atoms with Gasteiger partial charge >= 0.3 is 5.97 Å². The van der Waals surface area contributed by atoms with Crippen LogP contribution in [-0.4, -0.2) is 54.5 Å². The van der Waals surface area contributed by atoms with Gasteiger partial charge in [0, 0.05) is 13.1 Å². The van der Waals surface area contributed by atoms with Crippen molar-refractivity contribution in [3.05, 3.63) is 0 Å². The largest absolute Gasteiger partial charge is 0.481 e. The molecule has 0 bridgehead atoms. The zero-order valence-corrected chi connectivity index (χ0v) is 11.9. The topological polar surface area (TPSA) is 74.7 Å². The SMILES string of the molecule is CCN(CCC(=O)O)CCS(=O)(=O)C(C)(C)C. The molecule has 0 aliphatic carbocycles. The van der Waals surface area contributed by atoms with E-state index < -0.39 is 20.6 Å². The molecule has 0 aromatic rings. The van der Waals surface area contributed by atoms with Gasteiger partial charge < -0.3 is 10.0 Å². The Kier molecular flexibility index (Phi) is 6.12. The van der Waals surface area contributed by atoms with Crippen LogP contribution in [0.15, 0.2) is 0 Å². The van der Waals surface area contributed by atoms with E-state index in [0.29, 0.717) is 19.6 Å². The van der Waals surface area contributed by atoms with Gasteiger partial charge in [-0.1, -0.05) is 6.92 Å². The summed E-state index contributed by atoms with van der Waals surface area (Å²) in [4.78, 5) is 12.3. The lowest BCUT2D eigenvalue weighted by atomic mass is 10.3. The second kappa shape index (κ2) is 6.35. The molecule has 0 atom stereocenters. The van der Waals surface area contributed by atoms with E-state index in [-0.39, 0.29) is 12.2 Å². The maximum Gasteiger partial charge on any atom is 0.304 e. The fourth-order valence-corrected chi connectivity index (χ4v) is 2.35. The third-order valence-electron chi connectivity index (χ3n) is 2.70. The predicted octanol–water partition coefficient (Wildman–Crippen LogP) is 0.996. The maximum absolute atomic E-state index is 11.9. The van der Waals surface area contributed by atoms with Crippen molar-refractivity contribution in [1.29, 1.82) is 0 Å². The highest BCUT2D eigenvalue weighted by molar-refractivity contribution is 7.92. The molecule has 0 rings (SSSR count). The molecule has 0 saturated carbocycles. The molecule has 0 heterocycles. The second-order valence-corrected chi connectivity index (χ2v) is 7.87. The highest BCUT2D eigenvalue weighted by atomic mass is 32.2. The molecule has 0 unspecified atom stereocenters. The van der Waals surface area contributed by atoms with Crippen LogP contribution in [0.5, 0.6) is 0 Å². The lowest BCUT2D eigenvalue weighted by molar-refractivity contribution is -0.137. The minimum absolute atomic E-state index is 0.0450. The number of sulfone groups is 1. The smallest absolute Gasteiger partial charge is 0.304 e. The van der Waals surface area contributed by atoms with Crippen LogP contribution in [0.2, 0.25) is 0 Å². The van der Waals surface area contributed by atoms with Gasteiger partial charge in [0.15, 0.2) is 9.84 Å². The Morgan fingerprint density at radius 3 is 2.12 bits per heavy atom. The third-order valence-corrected chi connectivity index (χ3v) is 5.28. The van der Waals surface area contributed by atoms with Gasteiger partial charge in [0.05, 0.1) is 16.9 Å². The fraction of sp³-hybridized carbons (Fsp3) is 0.909. The van der Waals surface area contributed by atoms with Gasteiger partial charge in [0.1, 0.15) is 0 Å². The van der Waals surface area contributed by atoms with Crippen molar-refractivity contribution in [2.24, 2.45) is 0 Å². The Labute approximate surface area is 104 Å². The zero-order valence-electron chi connectivity index (χ0n) is 11.1. The lowest BCUT2D eigenvalue weighted by Crippen LogP contribution is -2.37. The van der Waals surface area contributed by atoms with E-state index in [1.54, 1.807) is 20.8 Å². The first kappa shape index (κ1) is 16.4. The van der Waals surface area contributed by atoms with E-state index >= 15 is 0 Å². The van der Waals surface area contributed by atoms with Crippen LogP contribution >= 0.6 is 0 Å². The van der Waals surface area contributed by atoms with Crippen molar-refractivity contribution in [1.82, 2.24) is 4.90 Å². The van der Waals surface area contributed by atoms with Crippen molar-refractivity contribution in [2.75, 3.05) is 25.4 Å². The molecule has 6 heteroatoms. The first-order chi connectivity index (χ1) is 7.60. The number of hydrogen-bond donors (Lipinski definition) is 1. The summed E-state index contributed by atoms with van der Waals surface area (Å²) in [7, 11) is -3.13. The third kappa shape index (κ3) is 6.02. The highest BCUT2D eigenvalue weighted by Crippen LogP contribution is 2.15. The van der Waals surface area contributed by atoms with E-state index in [4.69, 9.17) is 5.11 Å². The van der Waals surface area contributed by atoms with Gasteiger partial charge in [-0.15, -0.1) is 0 Å². The van der Waals surface area contributed by atoms with Crippen LogP contribution in [0.3, 0.4) is 0 Å². The Bertz CT molecular complexity index is 343. The molecule has 0 radical (unpaired) electrons. The summed E-state index contributed by atoms with van der Waals surface area (Å²) in [6.07, 6.45) is 0.0450. The first-order valence-corrected chi connectivity index (χ1v) is 7.42. The average Bonchev–Trinajstić information content (AvgIpc) is 2.15. The first-order valence-electron chi connectivity index (χ1n) is 5.76. The summed E-state index contributed by atoms with van der Waals surface area (Å²) in [6, 6.07) is 0. The van der Waals surface area contributed by atoms with Crippen LogP contribution in [-0.2, 0) is 14.6 Å². The highest BCUT2D eigenvalue weighted by Gasteiger charge is 2.28. The predicted molar refractivity (Wildman–Crippen MR) is 67.9 cm³/mol. The van der Waals surface area contributed by atoms with Crippen molar-refractivity contribution in [3.63, 3.8) is 0 Å². The monoisotopic (exact) mass is 265 g/mol. The van der Waals surface area contributed by atoms with E-state index in [1.807, 2.05) is 11.8 Å².